The number of aryl methyl sites for hydroxylation is 1. The van der Waals surface area contributed by atoms with Gasteiger partial charge in [0.2, 0.25) is 11.8 Å². The minimum absolute atomic E-state index is 0.111. The zero-order valence-corrected chi connectivity index (χ0v) is 17.6. The zero-order valence-electron chi connectivity index (χ0n) is 16.8. The van der Waals surface area contributed by atoms with Gasteiger partial charge in [-0.15, -0.1) is 10.2 Å². The van der Waals surface area contributed by atoms with Crippen LogP contribution in [0.3, 0.4) is 0 Å². The van der Waals surface area contributed by atoms with E-state index in [0.29, 0.717) is 17.5 Å². The molecule has 0 unspecified atom stereocenters. The number of nitrogens with one attached hydrogen (secondary N) is 1. The molecule has 8 nitrogen and oxygen atoms in total. The summed E-state index contributed by atoms with van der Waals surface area (Å²) < 4.78 is 1.97. The molecule has 2 amide bonds. The molecule has 2 aromatic rings. The van der Waals surface area contributed by atoms with Crippen LogP contribution in [0.5, 0.6) is 0 Å². The van der Waals surface area contributed by atoms with E-state index in [9.17, 15) is 9.59 Å². The fourth-order valence-electron chi connectivity index (χ4n) is 2.56. The Morgan fingerprint density at radius 2 is 1.89 bits per heavy atom. The highest BCUT2D eigenvalue weighted by atomic mass is 32.2. The predicted octanol–water partition coefficient (Wildman–Crippen LogP) is 2.15. The number of primary amides is 1. The molecule has 1 aromatic heterocycles. The second-order valence-electron chi connectivity index (χ2n) is 7.15. The first-order chi connectivity index (χ1) is 13.3. The molecule has 3 N–H and O–H groups in total. The van der Waals surface area contributed by atoms with Gasteiger partial charge >= 0.3 is 0 Å². The third-order valence-corrected chi connectivity index (χ3v) is 4.90. The number of aromatic nitrogens is 3. The highest BCUT2D eigenvalue weighted by molar-refractivity contribution is 7.99. The van der Waals surface area contributed by atoms with Gasteiger partial charge in [-0.05, 0) is 30.2 Å². The number of amides is 2. The molecule has 0 fully saturated rings. The lowest BCUT2D eigenvalue weighted by Gasteiger charge is -2.13. The first-order valence-corrected chi connectivity index (χ1v) is 10.1. The molecule has 28 heavy (non-hydrogen) atoms. The van der Waals surface area contributed by atoms with Crippen molar-refractivity contribution in [1.29, 1.82) is 0 Å². The summed E-state index contributed by atoms with van der Waals surface area (Å²) in [5, 5.41) is 11.9. The van der Waals surface area contributed by atoms with Crippen LogP contribution in [-0.2, 0) is 22.6 Å². The van der Waals surface area contributed by atoms with Crippen molar-refractivity contribution in [3.05, 3.63) is 30.1 Å². The first kappa shape index (κ1) is 21.7. The molecule has 2 rings (SSSR count). The SMILES string of the molecule is CC(C)Cn1c(CCC(N)=O)nnc1SCC(=O)Nc1ccc(N(C)C)cc1. The smallest absolute Gasteiger partial charge is 0.234 e. The Bertz CT molecular complexity index is 801. The van der Waals surface area contributed by atoms with Crippen molar-refractivity contribution >= 4 is 35.0 Å². The molecule has 0 aliphatic heterocycles. The van der Waals surface area contributed by atoms with E-state index in [2.05, 4.69) is 29.4 Å². The van der Waals surface area contributed by atoms with Crippen LogP contribution >= 0.6 is 11.8 Å². The fraction of sp³-hybridized carbons (Fsp3) is 0.474. The maximum atomic E-state index is 12.3. The molecule has 1 heterocycles. The van der Waals surface area contributed by atoms with Gasteiger partial charge in [-0.1, -0.05) is 25.6 Å². The quantitative estimate of drug-likeness (QED) is 0.588. The summed E-state index contributed by atoms with van der Waals surface area (Å²) >= 11 is 1.33. The standard InChI is InChI=1S/C19H28N6O2S/c1-13(2)11-25-17(10-9-16(20)26)22-23-19(25)28-12-18(27)21-14-5-7-15(8-6-14)24(3)4/h5-8,13H,9-12H2,1-4H3,(H2,20,26)(H,21,27). The average Bonchev–Trinajstić information content (AvgIpc) is 2.99. The van der Waals surface area contributed by atoms with E-state index >= 15 is 0 Å². The number of thioether (sulfide) groups is 1. The van der Waals surface area contributed by atoms with E-state index in [1.165, 1.54) is 11.8 Å². The van der Waals surface area contributed by atoms with Gasteiger partial charge in [0.25, 0.3) is 0 Å². The number of carbonyl (C=O) groups is 2. The zero-order chi connectivity index (χ0) is 20.7. The number of nitrogens with two attached hydrogens (primary N) is 1. The summed E-state index contributed by atoms with van der Waals surface area (Å²) in [6, 6.07) is 7.66. The van der Waals surface area contributed by atoms with Crippen LogP contribution in [0, 0.1) is 5.92 Å². The number of rotatable bonds is 10. The second-order valence-corrected chi connectivity index (χ2v) is 8.09. The normalized spacial score (nSPS) is 10.9. The molecular weight excluding hydrogens is 376 g/mol. The number of anilines is 2. The molecule has 0 spiro atoms. The largest absolute Gasteiger partial charge is 0.378 e. The summed E-state index contributed by atoms with van der Waals surface area (Å²) in [5.74, 6) is 0.844. The molecule has 0 saturated heterocycles. The molecular formula is C19H28N6O2S. The van der Waals surface area contributed by atoms with Gasteiger partial charge in [0.1, 0.15) is 5.82 Å². The van der Waals surface area contributed by atoms with Crippen molar-refractivity contribution in [3.63, 3.8) is 0 Å². The monoisotopic (exact) mass is 404 g/mol. The summed E-state index contributed by atoms with van der Waals surface area (Å²) in [4.78, 5) is 25.4. The lowest BCUT2D eigenvalue weighted by Crippen LogP contribution is -2.17. The topological polar surface area (TPSA) is 106 Å². The molecule has 152 valence electrons. The summed E-state index contributed by atoms with van der Waals surface area (Å²) in [6.07, 6.45) is 0.671. The van der Waals surface area contributed by atoms with Crippen LogP contribution in [0.1, 0.15) is 26.1 Å². The Hall–Kier alpha value is -2.55. The Labute approximate surface area is 169 Å². The van der Waals surface area contributed by atoms with E-state index in [0.717, 1.165) is 23.7 Å². The van der Waals surface area contributed by atoms with E-state index in [4.69, 9.17) is 5.73 Å². The van der Waals surface area contributed by atoms with Gasteiger partial charge in [0, 0.05) is 44.9 Å². The average molecular weight is 405 g/mol. The number of nitrogens with zero attached hydrogens (tertiary/aromatic N) is 4. The van der Waals surface area contributed by atoms with Gasteiger partial charge < -0.3 is 20.5 Å². The first-order valence-electron chi connectivity index (χ1n) is 9.16. The molecule has 0 bridgehead atoms. The lowest BCUT2D eigenvalue weighted by molar-refractivity contribution is -0.118. The lowest BCUT2D eigenvalue weighted by atomic mass is 10.2. The van der Waals surface area contributed by atoms with Crippen LogP contribution in [0.2, 0.25) is 0 Å². The molecule has 0 atom stereocenters. The molecule has 0 saturated carbocycles. The van der Waals surface area contributed by atoms with Crippen LogP contribution in [0.15, 0.2) is 29.4 Å². The van der Waals surface area contributed by atoms with Gasteiger partial charge in [0.15, 0.2) is 5.16 Å². The highest BCUT2D eigenvalue weighted by Crippen LogP contribution is 2.21. The van der Waals surface area contributed by atoms with Crippen LogP contribution < -0.4 is 16.0 Å². The molecule has 1 aromatic carbocycles. The van der Waals surface area contributed by atoms with E-state index in [1.54, 1.807) is 0 Å². The van der Waals surface area contributed by atoms with Gasteiger partial charge in [-0.2, -0.15) is 0 Å². The summed E-state index contributed by atoms with van der Waals surface area (Å²) in [5.41, 5.74) is 7.06. The third kappa shape index (κ3) is 6.56. The van der Waals surface area contributed by atoms with Crippen molar-refractivity contribution < 1.29 is 9.59 Å². The van der Waals surface area contributed by atoms with Gasteiger partial charge in [0.05, 0.1) is 5.75 Å². The minimum atomic E-state index is -0.368. The Morgan fingerprint density at radius 3 is 2.46 bits per heavy atom. The van der Waals surface area contributed by atoms with Crippen LogP contribution in [0.4, 0.5) is 11.4 Å². The van der Waals surface area contributed by atoms with Crippen LogP contribution in [0.25, 0.3) is 0 Å². The van der Waals surface area contributed by atoms with E-state index in [-0.39, 0.29) is 24.0 Å². The summed E-state index contributed by atoms with van der Waals surface area (Å²) in [6.45, 7) is 4.91. The van der Waals surface area contributed by atoms with Crippen molar-refractivity contribution in [1.82, 2.24) is 14.8 Å². The van der Waals surface area contributed by atoms with Crippen molar-refractivity contribution in [2.24, 2.45) is 11.7 Å². The third-order valence-electron chi connectivity index (χ3n) is 3.94. The summed E-state index contributed by atoms with van der Waals surface area (Å²) in [7, 11) is 3.93. The molecule has 0 radical (unpaired) electrons. The predicted molar refractivity (Wildman–Crippen MR) is 112 cm³/mol. The fourth-order valence-corrected chi connectivity index (χ4v) is 3.33. The van der Waals surface area contributed by atoms with Crippen molar-refractivity contribution in [2.75, 3.05) is 30.1 Å². The van der Waals surface area contributed by atoms with Crippen LogP contribution in [-0.4, -0.2) is 46.4 Å². The number of hydrogen-bond acceptors (Lipinski definition) is 6. The maximum Gasteiger partial charge on any atom is 0.234 e. The number of benzene rings is 1. The molecule has 9 heteroatoms. The van der Waals surface area contributed by atoms with Gasteiger partial charge in [-0.3, -0.25) is 9.59 Å². The van der Waals surface area contributed by atoms with E-state index < -0.39 is 0 Å². The van der Waals surface area contributed by atoms with Crippen molar-refractivity contribution in [3.8, 4) is 0 Å². The Kier molecular flexibility index (Phi) is 7.86. The number of hydrogen-bond donors (Lipinski definition) is 2. The number of carbonyl (C=O) groups excluding carboxylic acids is 2. The van der Waals surface area contributed by atoms with E-state index in [1.807, 2.05) is 47.8 Å². The maximum absolute atomic E-state index is 12.3. The molecule has 0 aliphatic carbocycles. The van der Waals surface area contributed by atoms with Gasteiger partial charge in [-0.25, -0.2) is 0 Å². The Balaban J connectivity index is 1.98. The minimum Gasteiger partial charge on any atom is -0.378 e. The Morgan fingerprint density at radius 1 is 1.21 bits per heavy atom. The van der Waals surface area contributed by atoms with Crippen molar-refractivity contribution in [2.45, 2.75) is 38.4 Å². The second kappa shape index (κ2) is 10.1. The molecule has 0 aliphatic rings. The highest BCUT2D eigenvalue weighted by Gasteiger charge is 2.16.